The first kappa shape index (κ1) is 26.1. The van der Waals surface area contributed by atoms with Crippen LogP contribution in [0.25, 0.3) is 0 Å². The summed E-state index contributed by atoms with van der Waals surface area (Å²) >= 11 is 0. The van der Waals surface area contributed by atoms with Crippen molar-refractivity contribution in [1.29, 1.82) is 0 Å². The summed E-state index contributed by atoms with van der Waals surface area (Å²) in [5.74, 6) is -0.341. The van der Waals surface area contributed by atoms with Crippen LogP contribution in [0.3, 0.4) is 0 Å². The van der Waals surface area contributed by atoms with E-state index >= 15 is 0 Å². The second kappa shape index (κ2) is 10.0. The number of nitrogens with zero attached hydrogens (tertiary/aromatic N) is 3. The number of ether oxygens (including phenoxy) is 2. The maximum Gasteiger partial charge on any atom is 0.573 e. The average molecular weight is 524 g/mol. The number of piperidine rings is 1. The molecule has 7 nitrogen and oxygen atoms in total. The third-order valence-corrected chi connectivity index (χ3v) is 8.94. The van der Waals surface area contributed by atoms with E-state index in [-0.39, 0.29) is 35.2 Å². The van der Waals surface area contributed by atoms with Crippen LogP contribution in [-0.4, -0.2) is 72.5 Å². The third kappa shape index (κ3) is 5.13. The van der Waals surface area contributed by atoms with E-state index in [0.29, 0.717) is 24.9 Å². The van der Waals surface area contributed by atoms with E-state index in [0.717, 1.165) is 70.0 Å². The molecule has 3 fully saturated rings. The maximum atomic E-state index is 12.9. The van der Waals surface area contributed by atoms with Crippen molar-refractivity contribution in [3.8, 4) is 5.75 Å². The number of alkyl halides is 3. The normalized spacial score (nSPS) is 27.5. The lowest BCUT2D eigenvalue weighted by molar-refractivity contribution is -0.274. The van der Waals surface area contributed by atoms with Crippen molar-refractivity contribution >= 4 is 17.7 Å². The highest BCUT2D eigenvalue weighted by atomic mass is 19.4. The van der Waals surface area contributed by atoms with E-state index < -0.39 is 6.36 Å². The molecule has 2 amide bonds. The summed E-state index contributed by atoms with van der Waals surface area (Å²) in [6.07, 6.45) is 2.61. The average Bonchev–Trinajstić information content (AvgIpc) is 3.40. The molecule has 1 aromatic rings. The Balaban J connectivity index is 1.28. The van der Waals surface area contributed by atoms with Crippen LogP contribution in [0.15, 0.2) is 18.2 Å². The number of hydrogen-bond acceptors (Lipinski definition) is 5. The van der Waals surface area contributed by atoms with Crippen molar-refractivity contribution in [2.75, 3.05) is 31.1 Å². The highest BCUT2D eigenvalue weighted by Crippen LogP contribution is 2.49. The molecule has 0 saturated carbocycles. The van der Waals surface area contributed by atoms with Gasteiger partial charge in [-0.1, -0.05) is 0 Å². The van der Waals surface area contributed by atoms with E-state index in [1.807, 2.05) is 11.8 Å². The van der Waals surface area contributed by atoms with Gasteiger partial charge < -0.3 is 24.2 Å². The van der Waals surface area contributed by atoms with Crippen LogP contribution < -0.4 is 9.64 Å². The Kier molecular flexibility index (Phi) is 7.06. The number of carbonyl (C=O) groups excluding carboxylic acids is 2. The number of halogens is 3. The SMILES string of the molecule is CCOC(=O)N1C2CCC(N3CCC4(CC3)CN(C(C)=O)c3ccc(OC(F)(F)F)cc34)CCC1CC2. The smallest absolute Gasteiger partial charge is 0.450 e. The Hall–Kier alpha value is -2.49. The molecular weight excluding hydrogens is 487 g/mol. The molecule has 4 heterocycles. The molecule has 2 bridgehead atoms. The lowest BCUT2D eigenvalue weighted by Gasteiger charge is -2.44. The molecule has 204 valence electrons. The standard InChI is InChI=1S/C27H36F3N3O4/c1-3-36-25(35)33-20-6-4-19(5-7-21(33)9-8-20)31-14-12-26(13-15-31)17-32(18(2)34)24-11-10-22(16-23(24)26)37-27(28,29)30/h10-11,16,19-21H,3-9,12-15,17H2,1-2H3. The molecule has 2 atom stereocenters. The van der Waals surface area contributed by atoms with Gasteiger partial charge in [0.2, 0.25) is 5.91 Å². The summed E-state index contributed by atoms with van der Waals surface area (Å²) in [6, 6.07) is 5.26. The summed E-state index contributed by atoms with van der Waals surface area (Å²) in [4.78, 5) is 31.1. The van der Waals surface area contributed by atoms with E-state index in [2.05, 4.69) is 9.64 Å². The van der Waals surface area contributed by atoms with Crippen molar-refractivity contribution in [2.24, 2.45) is 0 Å². The predicted molar refractivity (Wildman–Crippen MR) is 132 cm³/mol. The van der Waals surface area contributed by atoms with E-state index in [1.54, 1.807) is 11.0 Å². The zero-order valence-corrected chi connectivity index (χ0v) is 21.6. The van der Waals surface area contributed by atoms with Crippen LogP contribution in [0.2, 0.25) is 0 Å². The van der Waals surface area contributed by atoms with Gasteiger partial charge in [-0.05, 0) is 95.1 Å². The van der Waals surface area contributed by atoms with Gasteiger partial charge in [0, 0.05) is 42.7 Å². The Bertz CT molecular complexity index is 1010. The highest BCUT2D eigenvalue weighted by molar-refractivity contribution is 5.95. The first-order valence-corrected chi connectivity index (χ1v) is 13.5. The number of amides is 2. The molecule has 0 aliphatic carbocycles. The fraction of sp³-hybridized carbons (Fsp3) is 0.704. The summed E-state index contributed by atoms with van der Waals surface area (Å²) in [5.41, 5.74) is 1.10. The molecule has 37 heavy (non-hydrogen) atoms. The fourth-order valence-corrected chi connectivity index (χ4v) is 7.17. The molecule has 0 aromatic heterocycles. The Labute approximate surface area is 215 Å². The van der Waals surface area contributed by atoms with E-state index in [9.17, 15) is 22.8 Å². The van der Waals surface area contributed by atoms with E-state index in [1.165, 1.54) is 19.1 Å². The molecule has 10 heteroatoms. The molecule has 4 aliphatic heterocycles. The monoisotopic (exact) mass is 523 g/mol. The van der Waals surface area contributed by atoms with Gasteiger partial charge >= 0.3 is 12.5 Å². The summed E-state index contributed by atoms with van der Waals surface area (Å²) < 4.78 is 48.2. The van der Waals surface area contributed by atoms with Crippen LogP contribution in [0.1, 0.15) is 70.8 Å². The highest BCUT2D eigenvalue weighted by Gasteiger charge is 2.48. The quantitative estimate of drug-likeness (QED) is 0.544. The van der Waals surface area contributed by atoms with Gasteiger partial charge in [-0.3, -0.25) is 4.79 Å². The number of likely N-dealkylation sites (tertiary alicyclic amines) is 1. The van der Waals surface area contributed by atoms with Gasteiger partial charge in [0.1, 0.15) is 5.75 Å². The van der Waals surface area contributed by atoms with Crippen molar-refractivity contribution in [2.45, 2.75) is 95.1 Å². The topological polar surface area (TPSA) is 62.3 Å². The number of hydrogen-bond donors (Lipinski definition) is 0. The number of anilines is 1. The van der Waals surface area contributed by atoms with Crippen LogP contribution in [0, 0.1) is 0 Å². The molecule has 4 aliphatic rings. The van der Waals surface area contributed by atoms with Crippen molar-refractivity contribution < 1.29 is 32.2 Å². The minimum Gasteiger partial charge on any atom is -0.450 e. The Morgan fingerprint density at radius 2 is 1.59 bits per heavy atom. The number of carbonyl (C=O) groups is 2. The maximum absolute atomic E-state index is 12.9. The second-order valence-electron chi connectivity index (χ2n) is 10.9. The van der Waals surface area contributed by atoms with Gasteiger partial charge in [-0.2, -0.15) is 0 Å². The van der Waals surface area contributed by atoms with Crippen LogP contribution in [0.4, 0.5) is 23.7 Å². The second-order valence-corrected chi connectivity index (χ2v) is 10.9. The molecule has 3 saturated heterocycles. The first-order valence-electron chi connectivity index (χ1n) is 13.5. The zero-order valence-electron chi connectivity index (χ0n) is 21.6. The van der Waals surface area contributed by atoms with Crippen molar-refractivity contribution in [3.63, 3.8) is 0 Å². The van der Waals surface area contributed by atoms with Crippen LogP contribution in [-0.2, 0) is 14.9 Å². The van der Waals surface area contributed by atoms with Gasteiger partial charge in [-0.25, -0.2) is 4.79 Å². The lowest BCUT2D eigenvalue weighted by atomic mass is 9.73. The number of rotatable bonds is 3. The summed E-state index contributed by atoms with van der Waals surface area (Å²) in [7, 11) is 0. The van der Waals surface area contributed by atoms with Crippen molar-refractivity contribution in [3.05, 3.63) is 23.8 Å². The summed E-state index contributed by atoms with van der Waals surface area (Å²) in [5, 5.41) is 0. The molecule has 5 rings (SSSR count). The van der Waals surface area contributed by atoms with Gasteiger partial charge in [0.15, 0.2) is 0 Å². The molecule has 0 N–H and O–H groups in total. The minimum atomic E-state index is -4.76. The third-order valence-electron chi connectivity index (χ3n) is 8.94. The number of fused-ring (bicyclic) bond motifs is 4. The van der Waals surface area contributed by atoms with Crippen LogP contribution in [0.5, 0.6) is 5.75 Å². The summed E-state index contributed by atoms with van der Waals surface area (Å²) in [6.45, 7) is 5.88. The molecule has 1 aromatic carbocycles. The zero-order chi connectivity index (χ0) is 26.4. The first-order chi connectivity index (χ1) is 17.6. The van der Waals surface area contributed by atoms with Crippen molar-refractivity contribution in [1.82, 2.24) is 9.80 Å². The van der Waals surface area contributed by atoms with Gasteiger partial charge in [0.25, 0.3) is 0 Å². The minimum absolute atomic E-state index is 0.105. The number of benzene rings is 1. The lowest BCUT2D eigenvalue weighted by Crippen LogP contribution is -2.50. The molecule has 1 spiro atoms. The molecular formula is C27H36F3N3O4. The largest absolute Gasteiger partial charge is 0.573 e. The van der Waals surface area contributed by atoms with Gasteiger partial charge in [0.05, 0.1) is 6.61 Å². The Morgan fingerprint density at radius 3 is 2.14 bits per heavy atom. The van der Waals surface area contributed by atoms with E-state index in [4.69, 9.17) is 4.74 Å². The molecule has 2 unspecified atom stereocenters. The van der Waals surface area contributed by atoms with Crippen LogP contribution >= 0.6 is 0 Å². The fourth-order valence-electron chi connectivity index (χ4n) is 7.17. The molecule has 0 radical (unpaired) electrons. The Morgan fingerprint density at radius 1 is 1.00 bits per heavy atom. The van der Waals surface area contributed by atoms with Gasteiger partial charge in [-0.15, -0.1) is 13.2 Å². The predicted octanol–water partition coefficient (Wildman–Crippen LogP) is 5.22.